The fourth-order valence-corrected chi connectivity index (χ4v) is 2.04. The van der Waals surface area contributed by atoms with Gasteiger partial charge in [0, 0.05) is 12.7 Å². The van der Waals surface area contributed by atoms with Gasteiger partial charge in [0.05, 0.1) is 5.54 Å². The minimum Gasteiger partial charge on any atom is -0.346 e. The summed E-state index contributed by atoms with van der Waals surface area (Å²) in [6, 6.07) is 0. The van der Waals surface area contributed by atoms with Gasteiger partial charge in [0.2, 0.25) is 0 Å². The Balaban J connectivity index is 0.00000144. The van der Waals surface area contributed by atoms with Gasteiger partial charge in [0.25, 0.3) is 0 Å². The van der Waals surface area contributed by atoms with E-state index in [0.717, 1.165) is 10.9 Å². The third-order valence-corrected chi connectivity index (χ3v) is 2.90. The molecule has 0 bridgehead atoms. The second kappa shape index (κ2) is 4.68. The van der Waals surface area contributed by atoms with E-state index in [1.54, 1.807) is 11.8 Å². The molecule has 1 rings (SSSR count). The number of hydrogen-bond acceptors (Lipinski definition) is 3. The van der Waals surface area contributed by atoms with Crippen molar-refractivity contribution in [3.05, 3.63) is 11.8 Å². The molecule has 0 aliphatic carbocycles. The van der Waals surface area contributed by atoms with E-state index < -0.39 is 0 Å². The van der Waals surface area contributed by atoms with Gasteiger partial charge in [-0.3, -0.25) is 0 Å². The fourth-order valence-electron chi connectivity index (χ4n) is 1.30. The van der Waals surface area contributed by atoms with E-state index in [0.29, 0.717) is 0 Å². The summed E-state index contributed by atoms with van der Waals surface area (Å²) in [4.78, 5) is 6.64. The Labute approximate surface area is 102 Å². The molecule has 76 valence electrons. The lowest BCUT2D eigenvalue weighted by Gasteiger charge is -2.37. The maximum absolute atomic E-state index is 4.44. The van der Waals surface area contributed by atoms with Crippen LogP contribution in [-0.4, -0.2) is 28.9 Å². The van der Waals surface area contributed by atoms with Crippen LogP contribution in [0.5, 0.6) is 0 Å². The zero-order valence-corrected chi connectivity index (χ0v) is 11.9. The molecule has 0 spiro atoms. The average molecular weight is 312 g/mol. The van der Waals surface area contributed by atoms with Crippen molar-refractivity contribution < 1.29 is 0 Å². The van der Waals surface area contributed by atoms with E-state index in [9.17, 15) is 0 Å². The first-order valence-electron chi connectivity index (χ1n) is 4.03. The van der Waals surface area contributed by atoms with Crippen LogP contribution in [0.3, 0.4) is 0 Å². The molecule has 0 aromatic carbocycles. The minimum absolute atomic E-state index is 0. The number of halogens is 1. The minimum atomic E-state index is 0. The molecule has 0 aromatic rings. The average Bonchev–Trinajstić information content (AvgIpc) is 1.96. The van der Waals surface area contributed by atoms with Gasteiger partial charge in [-0.15, -0.1) is 24.0 Å². The Morgan fingerprint density at radius 1 is 1.46 bits per heavy atom. The Kier molecular flexibility index (Phi) is 4.79. The summed E-state index contributed by atoms with van der Waals surface area (Å²) < 4.78 is 0. The molecule has 0 radical (unpaired) electrons. The predicted octanol–water partition coefficient (Wildman–Crippen LogP) is 2.95. The van der Waals surface area contributed by atoms with E-state index in [1.807, 2.05) is 6.92 Å². The molecule has 1 aliphatic rings. The van der Waals surface area contributed by atoms with E-state index in [-0.39, 0.29) is 29.5 Å². The van der Waals surface area contributed by atoms with Crippen molar-refractivity contribution in [2.45, 2.75) is 26.3 Å². The van der Waals surface area contributed by atoms with Crippen molar-refractivity contribution in [1.29, 1.82) is 0 Å². The number of amidine groups is 1. The first kappa shape index (κ1) is 13.3. The summed E-state index contributed by atoms with van der Waals surface area (Å²) in [5.41, 5.74) is 1.21. The first-order valence-corrected chi connectivity index (χ1v) is 5.26. The maximum Gasteiger partial charge on any atom is 0.164 e. The van der Waals surface area contributed by atoms with Gasteiger partial charge in [0.1, 0.15) is 0 Å². The third-order valence-electron chi connectivity index (χ3n) is 2.17. The Morgan fingerprint density at radius 2 is 2.00 bits per heavy atom. The molecule has 1 heterocycles. The maximum atomic E-state index is 4.44. The molecule has 0 amide bonds. The summed E-state index contributed by atoms with van der Waals surface area (Å²) in [7, 11) is 2.08. The number of nitrogens with zero attached hydrogens (tertiary/aromatic N) is 2. The normalized spacial score (nSPS) is 20.2. The highest BCUT2D eigenvalue weighted by Gasteiger charge is 2.26. The van der Waals surface area contributed by atoms with Crippen LogP contribution in [0.1, 0.15) is 20.8 Å². The molecular formula is C9H17IN2S. The van der Waals surface area contributed by atoms with Crippen molar-refractivity contribution >= 4 is 40.9 Å². The SMILES string of the molecule is CSC1=NC(C)=CC(C)(C)N1C.I. The Hall–Kier alpha value is 0.290. The Morgan fingerprint density at radius 3 is 2.46 bits per heavy atom. The van der Waals surface area contributed by atoms with Crippen molar-refractivity contribution in [3.63, 3.8) is 0 Å². The molecule has 0 saturated carbocycles. The third kappa shape index (κ3) is 2.87. The largest absolute Gasteiger partial charge is 0.346 e. The van der Waals surface area contributed by atoms with Crippen LogP contribution in [0.2, 0.25) is 0 Å². The molecular weight excluding hydrogens is 295 g/mol. The van der Waals surface area contributed by atoms with Crippen LogP contribution < -0.4 is 0 Å². The molecule has 0 fully saturated rings. The van der Waals surface area contributed by atoms with Gasteiger partial charge in [-0.1, -0.05) is 11.8 Å². The molecule has 0 atom stereocenters. The van der Waals surface area contributed by atoms with Gasteiger partial charge in [-0.25, -0.2) is 4.99 Å². The molecule has 1 aliphatic heterocycles. The van der Waals surface area contributed by atoms with E-state index in [2.05, 4.69) is 43.1 Å². The summed E-state index contributed by atoms with van der Waals surface area (Å²) in [5, 5.41) is 1.10. The molecule has 0 N–H and O–H groups in total. The van der Waals surface area contributed by atoms with Gasteiger partial charge in [-0.05, 0) is 33.1 Å². The topological polar surface area (TPSA) is 15.6 Å². The smallest absolute Gasteiger partial charge is 0.164 e. The lowest BCUT2D eigenvalue weighted by atomic mass is 10.0. The molecule has 0 saturated heterocycles. The zero-order chi connectivity index (χ0) is 9.35. The molecule has 4 heteroatoms. The van der Waals surface area contributed by atoms with Gasteiger partial charge in [-0.2, -0.15) is 0 Å². The van der Waals surface area contributed by atoms with E-state index in [4.69, 9.17) is 0 Å². The molecule has 13 heavy (non-hydrogen) atoms. The number of thioether (sulfide) groups is 1. The highest BCUT2D eigenvalue weighted by atomic mass is 127. The number of allylic oxidation sites excluding steroid dienone is 1. The fraction of sp³-hybridized carbons (Fsp3) is 0.667. The first-order chi connectivity index (χ1) is 5.47. The highest BCUT2D eigenvalue weighted by Crippen LogP contribution is 2.25. The van der Waals surface area contributed by atoms with E-state index >= 15 is 0 Å². The van der Waals surface area contributed by atoms with Crippen LogP contribution in [-0.2, 0) is 0 Å². The van der Waals surface area contributed by atoms with Gasteiger partial charge in [0.15, 0.2) is 5.17 Å². The summed E-state index contributed by atoms with van der Waals surface area (Å²) >= 11 is 1.69. The summed E-state index contributed by atoms with van der Waals surface area (Å²) in [6.07, 6.45) is 4.25. The molecule has 0 aromatic heterocycles. The second-order valence-corrected chi connectivity index (χ2v) is 4.37. The van der Waals surface area contributed by atoms with Crippen LogP contribution >= 0.6 is 35.7 Å². The molecule has 2 nitrogen and oxygen atoms in total. The standard InChI is InChI=1S/C9H16N2S.HI/c1-7-6-9(2,3)11(4)8(10-7)12-5;/h6H,1-5H3;1H. The van der Waals surface area contributed by atoms with Crippen molar-refractivity contribution in [3.8, 4) is 0 Å². The van der Waals surface area contributed by atoms with Gasteiger partial charge >= 0.3 is 0 Å². The monoisotopic (exact) mass is 312 g/mol. The van der Waals surface area contributed by atoms with Crippen molar-refractivity contribution in [2.24, 2.45) is 4.99 Å². The quantitative estimate of drug-likeness (QED) is 0.639. The van der Waals surface area contributed by atoms with E-state index in [1.165, 1.54) is 0 Å². The number of rotatable bonds is 0. The molecule has 0 unspecified atom stereocenters. The predicted molar refractivity (Wildman–Crippen MR) is 72.0 cm³/mol. The van der Waals surface area contributed by atoms with Gasteiger partial charge < -0.3 is 4.90 Å². The summed E-state index contributed by atoms with van der Waals surface area (Å²) in [6.45, 7) is 6.44. The lowest BCUT2D eigenvalue weighted by Crippen LogP contribution is -2.44. The van der Waals surface area contributed by atoms with Crippen molar-refractivity contribution in [1.82, 2.24) is 4.90 Å². The number of likely N-dealkylation sites (N-methyl/N-ethyl adjacent to an activating group) is 1. The number of aliphatic imine (C=N–C) groups is 1. The zero-order valence-electron chi connectivity index (χ0n) is 8.79. The summed E-state index contributed by atoms with van der Waals surface area (Å²) in [5.74, 6) is 0. The van der Waals surface area contributed by atoms with Crippen LogP contribution in [0.25, 0.3) is 0 Å². The lowest BCUT2D eigenvalue weighted by molar-refractivity contribution is 0.319. The van der Waals surface area contributed by atoms with Crippen LogP contribution in [0.4, 0.5) is 0 Å². The number of hydrogen-bond donors (Lipinski definition) is 0. The second-order valence-electron chi connectivity index (χ2n) is 3.60. The Bertz CT molecular complexity index is 246. The van der Waals surface area contributed by atoms with Crippen molar-refractivity contribution in [2.75, 3.05) is 13.3 Å². The highest BCUT2D eigenvalue weighted by molar-refractivity contribution is 14.0. The van der Waals surface area contributed by atoms with Crippen LogP contribution in [0, 0.1) is 0 Å². The van der Waals surface area contributed by atoms with Crippen LogP contribution in [0.15, 0.2) is 16.8 Å².